The van der Waals surface area contributed by atoms with E-state index in [2.05, 4.69) is 28.2 Å². The number of rotatable bonds is 5. The van der Waals surface area contributed by atoms with Crippen molar-refractivity contribution in [3.05, 3.63) is 60.4 Å². The van der Waals surface area contributed by atoms with Gasteiger partial charge in [-0.05, 0) is 30.5 Å². The van der Waals surface area contributed by atoms with Crippen molar-refractivity contribution in [3.8, 4) is 22.8 Å². The van der Waals surface area contributed by atoms with Crippen LogP contribution in [0.15, 0.2) is 54.9 Å². The van der Waals surface area contributed by atoms with E-state index in [1.54, 1.807) is 6.33 Å². The lowest BCUT2D eigenvalue weighted by Crippen LogP contribution is -2.07. The second-order valence-corrected chi connectivity index (χ2v) is 7.76. The summed E-state index contributed by atoms with van der Waals surface area (Å²) in [4.78, 5) is 20.0. The van der Waals surface area contributed by atoms with Crippen LogP contribution in [0, 0.1) is 0 Å². The summed E-state index contributed by atoms with van der Waals surface area (Å²) in [7, 11) is 0. The maximum absolute atomic E-state index is 11.0. The van der Waals surface area contributed by atoms with E-state index in [0.717, 1.165) is 40.6 Å². The van der Waals surface area contributed by atoms with Crippen LogP contribution < -0.4 is 9.47 Å². The highest BCUT2D eigenvalue weighted by molar-refractivity contribution is 5.94. The van der Waals surface area contributed by atoms with Gasteiger partial charge in [-0.15, -0.1) is 0 Å². The zero-order valence-electron chi connectivity index (χ0n) is 18.8. The number of carbonyl (C=O) groups excluding carboxylic acids is 1. The first-order valence-corrected chi connectivity index (χ1v) is 11.2. The molecule has 7 nitrogen and oxygen atoms in total. The minimum absolute atomic E-state index is 0.293. The van der Waals surface area contributed by atoms with Crippen LogP contribution in [0.5, 0.6) is 11.5 Å². The molecule has 0 atom stereocenters. The molecule has 0 amide bonds. The second kappa shape index (κ2) is 11.4. The van der Waals surface area contributed by atoms with Crippen molar-refractivity contribution in [1.29, 1.82) is 0 Å². The van der Waals surface area contributed by atoms with Gasteiger partial charge in [0.2, 0.25) is 0 Å². The third-order valence-electron chi connectivity index (χ3n) is 5.17. The van der Waals surface area contributed by atoms with Crippen LogP contribution >= 0.6 is 0 Å². The van der Waals surface area contributed by atoms with Crippen LogP contribution in [-0.2, 0) is 20.9 Å². The number of allylic oxidation sites excluding steroid dienone is 1. The van der Waals surface area contributed by atoms with Gasteiger partial charge in [-0.25, -0.2) is 9.97 Å². The van der Waals surface area contributed by atoms with E-state index < -0.39 is 0 Å². The number of benzene rings is 2. The minimum Gasteiger partial charge on any atom is -0.490 e. The molecule has 172 valence electrons. The van der Waals surface area contributed by atoms with E-state index in [0.29, 0.717) is 51.0 Å². The average molecular weight is 449 g/mol. The van der Waals surface area contributed by atoms with Crippen molar-refractivity contribution in [1.82, 2.24) is 9.97 Å². The lowest BCUT2D eigenvalue weighted by molar-refractivity contribution is -0.141. The first-order valence-electron chi connectivity index (χ1n) is 11.2. The van der Waals surface area contributed by atoms with Crippen molar-refractivity contribution < 1.29 is 23.7 Å². The largest absolute Gasteiger partial charge is 0.490 e. The number of nitrogens with zero attached hydrogens (tertiary/aromatic N) is 2. The fourth-order valence-corrected chi connectivity index (χ4v) is 3.60. The maximum atomic E-state index is 11.0. The molecule has 4 rings (SSSR count). The number of carbonyl (C=O) groups is 1. The normalized spacial score (nSPS) is 15.1. The molecule has 0 fully saturated rings. The van der Waals surface area contributed by atoms with Crippen LogP contribution in [0.1, 0.15) is 31.7 Å². The number of hydrogen-bond acceptors (Lipinski definition) is 7. The van der Waals surface area contributed by atoms with Crippen LogP contribution in [-0.4, -0.2) is 42.4 Å². The SMILES string of the molecule is CC(=O)OCCCOc1cc2ncnc3c2cc1OCCC/C=C/COCc1cccc-3c1. The third kappa shape index (κ3) is 6.29. The van der Waals surface area contributed by atoms with E-state index in [4.69, 9.17) is 18.9 Å². The Bertz CT molecular complexity index is 1130. The number of fused-ring (bicyclic) bond motifs is 4. The molecule has 4 bridgehead atoms. The molecule has 0 saturated carbocycles. The van der Waals surface area contributed by atoms with Crippen molar-refractivity contribution in [2.75, 3.05) is 26.4 Å². The lowest BCUT2D eigenvalue weighted by atomic mass is 10.0. The summed E-state index contributed by atoms with van der Waals surface area (Å²) in [6, 6.07) is 12.0. The summed E-state index contributed by atoms with van der Waals surface area (Å²) in [5.74, 6) is 0.980. The Kier molecular flexibility index (Phi) is 7.87. The van der Waals surface area contributed by atoms with Gasteiger partial charge >= 0.3 is 5.97 Å². The fourth-order valence-electron chi connectivity index (χ4n) is 3.60. The molecular weight excluding hydrogens is 420 g/mol. The summed E-state index contributed by atoms with van der Waals surface area (Å²) in [6.45, 7) is 3.79. The van der Waals surface area contributed by atoms with Gasteiger partial charge in [-0.3, -0.25) is 4.79 Å². The Labute approximate surface area is 193 Å². The Balaban J connectivity index is 1.67. The summed E-state index contributed by atoms with van der Waals surface area (Å²) in [5, 5.41) is 0.893. The van der Waals surface area contributed by atoms with Crippen molar-refractivity contribution >= 4 is 16.9 Å². The Morgan fingerprint density at radius 3 is 2.97 bits per heavy atom. The average Bonchev–Trinajstić information content (AvgIpc) is 2.81. The van der Waals surface area contributed by atoms with Gasteiger partial charge in [0.25, 0.3) is 0 Å². The van der Waals surface area contributed by atoms with E-state index in [1.807, 2.05) is 30.3 Å². The Hall–Kier alpha value is -3.45. The first-order chi connectivity index (χ1) is 16.2. The van der Waals surface area contributed by atoms with Crippen molar-refractivity contribution in [2.45, 2.75) is 32.8 Å². The summed E-state index contributed by atoms with van der Waals surface area (Å²) < 4.78 is 22.9. The van der Waals surface area contributed by atoms with Crippen molar-refractivity contribution in [2.24, 2.45) is 0 Å². The Morgan fingerprint density at radius 2 is 2.06 bits per heavy atom. The highest BCUT2D eigenvalue weighted by atomic mass is 16.5. The molecule has 1 aliphatic rings. The molecule has 2 heterocycles. The quantitative estimate of drug-likeness (QED) is 0.313. The van der Waals surface area contributed by atoms with E-state index in [1.165, 1.54) is 6.92 Å². The first kappa shape index (κ1) is 22.7. The zero-order valence-corrected chi connectivity index (χ0v) is 18.8. The van der Waals surface area contributed by atoms with Gasteiger partial charge in [0, 0.05) is 30.4 Å². The van der Waals surface area contributed by atoms with Gasteiger partial charge in [-0.1, -0.05) is 30.4 Å². The van der Waals surface area contributed by atoms with Gasteiger partial charge in [-0.2, -0.15) is 0 Å². The molecule has 0 spiro atoms. The monoisotopic (exact) mass is 448 g/mol. The topological polar surface area (TPSA) is 79.8 Å². The highest BCUT2D eigenvalue weighted by Gasteiger charge is 2.14. The van der Waals surface area contributed by atoms with Crippen LogP contribution in [0.3, 0.4) is 0 Å². The molecule has 33 heavy (non-hydrogen) atoms. The molecule has 7 heteroatoms. The second-order valence-electron chi connectivity index (χ2n) is 7.76. The van der Waals surface area contributed by atoms with Gasteiger partial charge in [0.15, 0.2) is 11.5 Å². The molecule has 3 aromatic rings. The third-order valence-corrected chi connectivity index (χ3v) is 5.17. The smallest absolute Gasteiger partial charge is 0.302 e. The number of esters is 1. The molecule has 2 aromatic carbocycles. The zero-order chi connectivity index (χ0) is 22.9. The molecule has 1 aromatic heterocycles. The van der Waals surface area contributed by atoms with Crippen molar-refractivity contribution in [3.63, 3.8) is 0 Å². The predicted octanol–water partition coefficient (Wildman–Crippen LogP) is 4.87. The molecule has 0 radical (unpaired) electrons. The summed E-state index contributed by atoms with van der Waals surface area (Å²) in [6.07, 6.45) is 8.09. The summed E-state index contributed by atoms with van der Waals surface area (Å²) in [5.41, 5.74) is 3.68. The molecule has 0 aliphatic carbocycles. The molecular formula is C26H28N2O5. The number of ether oxygens (including phenoxy) is 4. The van der Waals surface area contributed by atoms with Gasteiger partial charge < -0.3 is 18.9 Å². The molecule has 0 unspecified atom stereocenters. The summed E-state index contributed by atoms with van der Waals surface area (Å²) >= 11 is 0. The van der Waals surface area contributed by atoms with E-state index in [-0.39, 0.29) is 5.97 Å². The minimum atomic E-state index is -0.293. The molecule has 1 aliphatic heterocycles. The molecule has 0 N–H and O–H groups in total. The van der Waals surface area contributed by atoms with Crippen LogP contribution in [0.2, 0.25) is 0 Å². The fraction of sp³-hybridized carbons (Fsp3) is 0.346. The highest BCUT2D eigenvalue weighted by Crippen LogP contribution is 2.36. The predicted molar refractivity (Wildman–Crippen MR) is 125 cm³/mol. The Morgan fingerprint density at radius 1 is 1.12 bits per heavy atom. The number of aromatic nitrogens is 2. The van der Waals surface area contributed by atoms with E-state index in [9.17, 15) is 4.79 Å². The lowest BCUT2D eigenvalue weighted by Gasteiger charge is -2.15. The van der Waals surface area contributed by atoms with Gasteiger partial charge in [0.05, 0.1) is 44.2 Å². The maximum Gasteiger partial charge on any atom is 0.302 e. The standard InChI is InChI=1S/C26H28N2O5/c1-19(29)31-12-7-13-33-25-16-23-22-15-24(25)32-11-5-3-2-4-10-30-17-20-8-6-9-21(14-20)26(22)28-18-27-23/h2,4,6,8-9,14-16,18H,3,5,7,10-13,17H2,1H3/b4-2+. The number of hydrogen-bond donors (Lipinski definition) is 0. The van der Waals surface area contributed by atoms with Crippen LogP contribution in [0.25, 0.3) is 22.2 Å². The van der Waals surface area contributed by atoms with Gasteiger partial charge in [0.1, 0.15) is 6.33 Å². The van der Waals surface area contributed by atoms with E-state index >= 15 is 0 Å². The molecule has 0 saturated heterocycles. The van der Waals surface area contributed by atoms with Crippen LogP contribution in [0.4, 0.5) is 0 Å².